The van der Waals surface area contributed by atoms with Crippen molar-refractivity contribution in [1.29, 1.82) is 0 Å². The number of nitrogens with zero attached hydrogens (tertiary/aromatic N) is 2. The summed E-state index contributed by atoms with van der Waals surface area (Å²) in [5, 5.41) is 4.55. The summed E-state index contributed by atoms with van der Waals surface area (Å²) >= 11 is 0. The first-order chi connectivity index (χ1) is 16.5. The van der Waals surface area contributed by atoms with Crippen LogP contribution in [-0.2, 0) is 22.4 Å². The lowest BCUT2D eigenvalue weighted by molar-refractivity contribution is -0.114. The van der Waals surface area contributed by atoms with Gasteiger partial charge >= 0.3 is 0 Å². The second kappa shape index (κ2) is 9.11. The number of amides is 1. The molecule has 1 aliphatic heterocycles. The molecule has 2 heterocycles. The van der Waals surface area contributed by atoms with Crippen LogP contribution in [0.1, 0.15) is 16.7 Å². The van der Waals surface area contributed by atoms with Crippen LogP contribution in [0.4, 0.5) is 0 Å². The molecular formula is C27H23N3O3S. The molecule has 0 radical (unpaired) electrons. The molecule has 170 valence electrons. The van der Waals surface area contributed by atoms with Crippen LogP contribution in [0.15, 0.2) is 85.2 Å². The molecule has 6 nitrogen and oxygen atoms in total. The zero-order valence-electron chi connectivity index (χ0n) is 18.8. The van der Waals surface area contributed by atoms with Crippen LogP contribution >= 0.6 is 0 Å². The van der Waals surface area contributed by atoms with E-state index in [1.54, 1.807) is 12.4 Å². The molecule has 0 saturated carbocycles. The molecule has 0 spiro atoms. The number of ether oxygens (including phenoxy) is 1. The number of carbonyl (C=O) groups is 1. The van der Waals surface area contributed by atoms with E-state index in [-0.39, 0.29) is 5.91 Å². The molecule has 0 bridgehead atoms. The van der Waals surface area contributed by atoms with Gasteiger partial charge in [0.1, 0.15) is 12.4 Å². The van der Waals surface area contributed by atoms with E-state index >= 15 is 0 Å². The molecule has 0 saturated heterocycles. The monoisotopic (exact) mass is 469 g/mol. The molecule has 34 heavy (non-hydrogen) atoms. The Morgan fingerprint density at radius 2 is 1.68 bits per heavy atom. The summed E-state index contributed by atoms with van der Waals surface area (Å²) in [7, 11) is -1.58. The molecule has 0 aliphatic carbocycles. The molecule has 1 atom stereocenters. The standard InChI is InChI=1S/C27H23N3O3S/c1-18-5-3-6-19(2)27(18)22-8-4-7-20(13-22)17-33-24-11-9-21(10-12-24)23-15-28-30(16-23)26-14-25(31)29-34(26)32/h3-16H,17H2,1-2H3,(H,29,31). The number of rotatable bonds is 6. The van der Waals surface area contributed by atoms with E-state index in [0.29, 0.717) is 11.6 Å². The lowest BCUT2D eigenvalue weighted by atomic mass is 9.95. The number of aromatic nitrogens is 2. The van der Waals surface area contributed by atoms with Gasteiger partial charge in [-0.1, -0.05) is 48.5 Å². The molecule has 1 unspecified atom stereocenters. The molecule has 1 aromatic heterocycles. The highest BCUT2D eigenvalue weighted by Gasteiger charge is 2.22. The van der Waals surface area contributed by atoms with Crippen molar-refractivity contribution in [1.82, 2.24) is 14.5 Å². The summed E-state index contributed by atoms with van der Waals surface area (Å²) in [6.45, 7) is 4.74. The molecule has 1 amide bonds. The van der Waals surface area contributed by atoms with Crippen molar-refractivity contribution in [3.05, 3.63) is 102 Å². The first-order valence-corrected chi connectivity index (χ1v) is 12.0. The van der Waals surface area contributed by atoms with Crippen molar-refractivity contribution in [2.24, 2.45) is 0 Å². The maximum Gasteiger partial charge on any atom is 0.258 e. The molecule has 4 aromatic rings. The van der Waals surface area contributed by atoms with Crippen molar-refractivity contribution >= 4 is 21.9 Å². The fourth-order valence-corrected chi connectivity index (χ4v) is 4.91. The number of aryl methyl sites for hydroxylation is 2. The number of hydrogen-bond donors (Lipinski definition) is 1. The van der Waals surface area contributed by atoms with E-state index < -0.39 is 11.0 Å². The highest BCUT2D eigenvalue weighted by molar-refractivity contribution is 7.93. The third-order valence-electron chi connectivity index (χ3n) is 5.74. The molecule has 0 fully saturated rings. The Bertz CT molecular complexity index is 1420. The Hall–Kier alpha value is -3.97. The quantitative estimate of drug-likeness (QED) is 0.431. The third-order valence-corrected chi connectivity index (χ3v) is 6.81. The van der Waals surface area contributed by atoms with Gasteiger partial charge in [0.15, 0.2) is 16.0 Å². The first kappa shape index (κ1) is 21.9. The van der Waals surface area contributed by atoms with Crippen LogP contribution in [-0.4, -0.2) is 19.9 Å². The van der Waals surface area contributed by atoms with Gasteiger partial charge in [0.25, 0.3) is 5.91 Å². The second-order valence-electron chi connectivity index (χ2n) is 8.17. The van der Waals surface area contributed by atoms with Gasteiger partial charge in [-0.15, -0.1) is 0 Å². The highest BCUT2D eigenvalue weighted by atomic mass is 32.2. The summed E-state index contributed by atoms with van der Waals surface area (Å²) in [6.07, 6.45) is 4.72. The Balaban J connectivity index is 1.28. The summed E-state index contributed by atoms with van der Waals surface area (Å²) in [5.41, 5.74) is 7.88. The van der Waals surface area contributed by atoms with Crippen molar-refractivity contribution in [3.63, 3.8) is 0 Å². The average molecular weight is 470 g/mol. The Kier molecular flexibility index (Phi) is 5.86. The molecule has 3 aromatic carbocycles. The minimum Gasteiger partial charge on any atom is -0.489 e. The van der Waals surface area contributed by atoms with Crippen molar-refractivity contribution in [2.75, 3.05) is 0 Å². The van der Waals surface area contributed by atoms with E-state index in [1.807, 2.05) is 24.3 Å². The van der Waals surface area contributed by atoms with Crippen molar-refractivity contribution in [2.45, 2.75) is 20.5 Å². The Morgan fingerprint density at radius 3 is 2.38 bits per heavy atom. The number of carbonyl (C=O) groups excluding carboxylic acids is 1. The van der Waals surface area contributed by atoms with Gasteiger partial charge < -0.3 is 4.74 Å². The van der Waals surface area contributed by atoms with Crippen LogP contribution in [0.3, 0.4) is 0 Å². The molecule has 7 heteroatoms. The lowest BCUT2D eigenvalue weighted by Gasteiger charge is -2.12. The minimum absolute atomic E-state index is 0.319. The van der Waals surface area contributed by atoms with Crippen molar-refractivity contribution in [3.8, 4) is 28.0 Å². The van der Waals surface area contributed by atoms with E-state index in [4.69, 9.17) is 4.74 Å². The molecule has 1 N–H and O–H groups in total. The lowest BCUT2D eigenvalue weighted by Crippen LogP contribution is -2.17. The number of hydrogen-bond acceptors (Lipinski definition) is 4. The van der Waals surface area contributed by atoms with Gasteiger partial charge in [0, 0.05) is 17.8 Å². The fraction of sp³-hybridized carbons (Fsp3) is 0.111. The van der Waals surface area contributed by atoms with Gasteiger partial charge in [-0.25, -0.2) is 8.89 Å². The summed E-state index contributed by atoms with van der Waals surface area (Å²) in [5.74, 6) is 0.384. The van der Waals surface area contributed by atoms with Gasteiger partial charge in [-0.2, -0.15) is 5.10 Å². The van der Waals surface area contributed by atoms with Crippen molar-refractivity contribution < 1.29 is 13.7 Å². The summed E-state index contributed by atoms with van der Waals surface area (Å²) < 4.78 is 21.7. The first-order valence-electron chi connectivity index (χ1n) is 10.9. The van der Waals surface area contributed by atoms with Crippen LogP contribution in [0.2, 0.25) is 0 Å². The second-order valence-corrected chi connectivity index (χ2v) is 9.33. The Labute approximate surface area is 200 Å². The predicted octanol–water partition coefficient (Wildman–Crippen LogP) is 5.00. The summed E-state index contributed by atoms with van der Waals surface area (Å²) in [4.78, 5) is 11.4. The van der Waals surface area contributed by atoms with Gasteiger partial charge in [-0.3, -0.25) is 9.52 Å². The van der Waals surface area contributed by atoms with E-state index in [2.05, 4.69) is 66.1 Å². The fourth-order valence-electron chi connectivity index (χ4n) is 4.08. The number of nitrogens with one attached hydrogen (secondary N) is 1. The van der Waals surface area contributed by atoms with Crippen LogP contribution in [0.5, 0.6) is 5.75 Å². The maximum absolute atomic E-state index is 11.9. The van der Waals surface area contributed by atoms with Crippen LogP contribution < -0.4 is 9.46 Å². The van der Waals surface area contributed by atoms with Crippen LogP contribution in [0, 0.1) is 13.8 Å². The largest absolute Gasteiger partial charge is 0.489 e. The average Bonchev–Trinajstić information content (AvgIpc) is 3.44. The summed E-state index contributed by atoms with van der Waals surface area (Å²) in [6, 6.07) is 22.5. The zero-order valence-corrected chi connectivity index (χ0v) is 19.6. The van der Waals surface area contributed by atoms with Gasteiger partial charge in [-0.05, 0) is 65.4 Å². The SMILES string of the molecule is Cc1cccc(C)c1-c1cccc(COc2ccc(-c3cnn(C4=CC(=O)NS4=O)c3)cc2)c1. The van der Waals surface area contributed by atoms with E-state index in [9.17, 15) is 9.00 Å². The van der Waals surface area contributed by atoms with Gasteiger partial charge in [0.05, 0.1) is 6.20 Å². The maximum atomic E-state index is 11.9. The molecular weight excluding hydrogens is 446 g/mol. The minimum atomic E-state index is -1.58. The number of benzene rings is 3. The molecule has 5 rings (SSSR count). The van der Waals surface area contributed by atoms with Crippen LogP contribution in [0.25, 0.3) is 27.3 Å². The van der Waals surface area contributed by atoms with E-state index in [0.717, 1.165) is 22.4 Å². The Morgan fingerprint density at radius 1 is 0.941 bits per heavy atom. The molecule has 1 aliphatic rings. The topological polar surface area (TPSA) is 73.2 Å². The zero-order chi connectivity index (χ0) is 23.7. The normalized spacial score (nSPS) is 15.2. The highest BCUT2D eigenvalue weighted by Crippen LogP contribution is 2.28. The predicted molar refractivity (Wildman–Crippen MR) is 134 cm³/mol. The van der Waals surface area contributed by atoms with Gasteiger partial charge in [0.2, 0.25) is 0 Å². The smallest absolute Gasteiger partial charge is 0.258 e. The third kappa shape index (κ3) is 4.43. The van der Waals surface area contributed by atoms with E-state index in [1.165, 1.54) is 33.0 Å².